The smallest absolute Gasteiger partial charge is 0.164 e. The van der Waals surface area contributed by atoms with Crippen LogP contribution in [-0.2, 0) is 0 Å². The Kier molecular flexibility index (Phi) is 3.49. The molecule has 5 rings (SSSR count). The van der Waals surface area contributed by atoms with Gasteiger partial charge in [-0.15, -0.1) is 10.2 Å². The molecular formula is C19H17N5OS. The first kappa shape index (κ1) is 15.5. The van der Waals surface area contributed by atoms with Crippen molar-refractivity contribution in [2.45, 2.75) is 18.9 Å². The summed E-state index contributed by atoms with van der Waals surface area (Å²) in [5, 5.41) is 9.54. The molecule has 0 N–H and O–H groups in total. The Hall–Kier alpha value is -2.80. The van der Waals surface area contributed by atoms with Crippen molar-refractivity contribution < 1.29 is 4.74 Å². The molecule has 6 nitrogen and oxygen atoms in total. The van der Waals surface area contributed by atoms with Crippen LogP contribution < -0.4 is 9.64 Å². The first-order valence-corrected chi connectivity index (χ1v) is 9.35. The van der Waals surface area contributed by atoms with E-state index in [1.165, 1.54) is 11.5 Å². The summed E-state index contributed by atoms with van der Waals surface area (Å²) in [6, 6.07) is 12.1. The molecule has 1 atom stereocenters. The van der Waals surface area contributed by atoms with Crippen molar-refractivity contribution in [3.8, 4) is 16.5 Å². The number of anilines is 1. The Labute approximate surface area is 155 Å². The highest BCUT2D eigenvalue weighted by Gasteiger charge is 2.40. The van der Waals surface area contributed by atoms with E-state index in [2.05, 4.69) is 42.7 Å². The highest BCUT2D eigenvalue weighted by Crippen LogP contribution is 2.37. The van der Waals surface area contributed by atoms with E-state index in [0.717, 1.165) is 53.2 Å². The second kappa shape index (κ2) is 5.88. The second-order valence-electron chi connectivity index (χ2n) is 6.63. The van der Waals surface area contributed by atoms with Crippen LogP contribution in [0.4, 0.5) is 5.82 Å². The first-order valence-electron chi connectivity index (χ1n) is 8.57. The fourth-order valence-corrected chi connectivity index (χ4v) is 4.07. The van der Waals surface area contributed by atoms with Crippen LogP contribution in [0, 0.1) is 6.92 Å². The molecule has 1 fully saturated rings. The van der Waals surface area contributed by atoms with Gasteiger partial charge in [-0.3, -0.25) is 0 Å². The van der Waals surface area contributed by atoms with E-state index in [1.807, 2.05) is 37.3 Å². The van der Waals surface area contributed by atoms with Gasteiger partial charge in [0.2, 0.25) is 0 Å². The van der Waals surface area contributed by atoms with Gasteiger partial charge >= 0.3 is 0 Å². The number of nitrogens with zero attached hydrogens (tertiary/aromatic N) is 5. The van der Waals surface area contributed by atoms with E-state index in [1.54, 1.807) is 0 Å². The number of aryl methyl sites for hydroxylation is 1. The molecule has 1 spiro atoms. The van der Waals surface area contributed by atoms with E-state index in [4.69, 9.17) is 4.74 Å². The lowest BCUT2D eigenvalue weighted by molar-refractivity contribution is 0.141. The largest absolute Gasteiger partial charge is 0.481 e. The number of para-hydroxylation sites is 1. The highest BCUT2D eigenvalue weighted by atomic mass is 32.1. The number of rotatable bonds is 2. The van der Waals surface area contributed by atoms with E-state index >= 15 is 0 Å². The lowest BCUT2D eigenvalue weighted by atomic mass is 9.97. The molecule has 0 aliphatic carbocycles. The number of benzene rings is 1. The van der Waals surface area contributed by atoms with Crippen LogP contribution >= 0.6 is 11.5 Å². The van der Waals surface area contributed by atoms with E-state index in [9.17, 15) is 0 Å². The maximum atomic E-state index is 6.33. The van der Waals surface area contributed by atoms with Crippen LogP contribution in [0.3, 0.4) is 0 Å². The minimum absolute atomic E-state index is 0.287. The second-order valence-corrected chi connectivity index (χ2v) is 7.38. The minimum Gasteiger partial charge on any atom is -0.481 e. The van der Waals surface area contributed by atoms with Gasteiger partial charge in [0.05, 0.1) is 6.54 Å². The van der Waals surface area contributed by atoms with E-state index in [0.29, 0.717) is 0 Å². The first-order chi connectivity index (χ1) is 12.7. The molecule has 1 aromatic carbocycles. The predicted octanol–water partition coefficient (Wildman–Crippen LogP) is 3.36. The van der Waals surface area contributed by atoms with Gasteiger partial charge < -0.3 is 9.64 Å². The predicted molar refractivity (Wildman–Crippen MR) is 101 cm³/mol. The van der Waals surface area contributed by atoms with Crippen molar-refractivity contribution in [2.24, 2.45) is 0 Å². The molecule has 0 radical (unpaired) electrons. The van der Waals surface area contributed by atoms with Gasteiger partial charge in [-0.1, -0.05) is 24.3 Å². The molecule has 3 aromatic rings. The van der Waals surface area contributed by atoms with Crippen molar-refractivity contribution in [2.75, 3.05) is 18.0 Å². The van der Waals surface area contributed by atoms with Gasteiger partial charge in [0.25, 0.3) is 0 Å². The molecule has 4 heterocycles. The molecule has 2 aliphatic rings. The normalized spacial score (nSPS) is 21.0. The molecular weight excluding hydrogens is 346 g/mol. The number of ether oxygens (including phenoxy) is 1. The molecule has 0 saturated carbocycles. The minimum atomic E-state index is -0.287. The number of hydrogen-bond donors (Lipinski definition) is 0. The highest BCUT2D eigenvalue weighted by molar-refractivity contribution is 7.09. The number of hydrogen-bond acceptors (Lipinski definition) is 7. The van der Waals surface area contributed by atoms with Crippen molar-refractivity contribution in [3.05, 3.63) is 53.9 Å². The van der Waals surface area contributed by atoms with Crippen LogP contribution in [0.15, 0.2) is 42.5 Å². The Morgan fingerprint density at radius 1 is 1.15 bits per heavy atom. The summed E-state index contributed by atoms with van der Waals surface area (Å²) in [5.74, 6) is 2.58. The SMILES string of the molecule is Cc1nsc(-c2ccc(N3CCC4(C=Cc5ccccc5O4)C3)nn2)n1. The zero-order valence-electron chi connectivity index (χ0n) is 14.3. The lowest BCUT2D eigenvalue weighted by Gasteiger charge is -2.31. The van der Waals surface area contributed by atoms with Crippen molar-refractivity contribution >= 4 is 23.4 Å². The van der Waals surface area contributed by atoms with Gasteiger partial charge in [0.15, 0.2) is 10.8 Å². The Balaban J connectivity index is 1.35. The lowest BCUT2D eigenvalue weighted by Crippen LogP contribution is -2.39. The van der Waals surface area contributed by atoms with Gasteiger partial charge in [0.1, 0.15) is 22.9 Å². The van der Waals surface area contributed by atoms with Crippen LogP contribution in [0.25, 0.3) is 16.8 Å². The fraction of sp³-hybridized carbons (Fsp3) is 0.263. The van der Waals surface area contributed by atoms with E-state index < -0.39 is 0 Å². The van der Waals surface area contributed by atoms with Gasteiger partial charge in [0, 0.05) is 18.5 Å². The average Bonchev–Trinajstić information content (AvgIpc) is 3.29. The zero-order valence-corrected chi connectivity index (χ0v) is 15.1. The third kappa shape index (κ3) is 2.64. The summed E-state index contributed by atoms with van der Waals surface area (Å²) < 4.78 is 10.5. The maximum absolute atomic E-state index is 6.33. The molecule has 1 saturated heterocycles. The monoisotopic (exact) mass is 363 g/mol. The summed E-state index contributed by atoms with van der Waals surface area (Å²) in [4.78, 5) is 6.58. The molecule has 130 valence electrons. The number of fused-ring (bicyclic) bond motifs is 1. The summed E-state index contributed by atoms with van der Waals surface area (Å²) in [6.07, 6.45) is 5.27. The maximum Gasteiger partial charge on any atom is 0.164 e. The third-order valence-corrected chi connectivity index (χ3v) is 5.61. The van der Waals surface area contributed by atoms with Gasteiger partial charge in [-0.05, 0) is 42.7 Å². The van der Waals surface area contributed by atoms with Crippen molar-refractivity contribution in [1.82, 2.24) is 19.6 Å². The van der Waals surface area contributed by atoms with Crippen LogP contribution in [0.2, 0.25) is 0 Å². The fourth-order valence-electron chi connectivity index (χ4n) is 3.44. The zero-order chi connectivity index (χ0) is 17.6. The van der Waals surface area contributed by atoms with Crippen LogP contribution in [0.1, 0.15) is 17.8 Å². The van der Waals surface area contributed by atoms with Gasteiger partial charge in [-0.2, -0.15) is 4.37 Å². The molecule has 2 aromatic heterocycles. The Morgan fingerprint density at radius 3 is 2.88 bits per heavy atom. The van der Waals surface area contributed by atoms with Crippen molar-refractivity contribution in [3.63, 3.8) is 0 Å². The van der Waals surface area contributed by atoms with E-state index in [-0.39, 0.29) is 5.60 Å². The number of aromatic nitrogens is 4. The molecule has 26 heavy (non-hydrogen) atoms. The third-order valence-electron chi connectivity index (χ3n) is 4.78. The summed E-state index contributed by atoms with van der Waals surface area (Å²) in [6.45, 7) is 3.53. The molecule has 1 unspecified atom stereocenters. The molecule has 2 aliphatic heterocycles. The standard InChI is InChI=1S/C19H17N5OS/c1-13-20-18(26-23-13)15-6-7-17(22-21-15)24-11-10-19(12-24)9-8-14-4-2-3-5-16(14)25-19/h2-9H,10-12H2,1H3. The topological polar surface area (TPSA) is 64.0 Å². The van der Waals surface area contributed by atoms with Crippen LogP contribution in [-0.4, -0.2) is 38.2 Å². The molecule has 0 amide bonds. The molecule has 7 heteroatoms. The summed E-state index contributed by atoms with van der Waals surface area (Å²) in [7, 11) is 0. The Bertz CT molecular complexity index is 984. The summed E-state index contributed by atoms with van der Waals surface area (Å²) >= 11 is 1.35. The summed E-state index contributed by atoms with van der Waals surface area (Å²) in [5.41, 5.74) is 1.61. The molecule has 0 bridgehead atoms. The van der Waals surface area contributed by atoms with Gasteiger partial charge in [-0.25, -0.2) is 4.98 Å². The Morgan fingerprint density at radius 2 is 2.08 bits per heavy atom. The average molecular weight is 363 g/mol. The van der Waals surface area contributed by atoms with Crippen LogP contribution in [0.5, 0.6) is 5.75 Å². The van der Waals surface area contributed by atoms with Crippen molar-refractivity contribution in [1.29, 1.82) is 0 Å². The quantitative estimate of drug-likeness (QED) is 0.696.